The third-order valence-corrected chi connectivity index (χ3v) is 1.79. The second kappa shape index (κ2) is 4.70. The van der Waals surface area contributed by atoms with E-state index in [0.717, 1.165) is 0 Å². The standard InChI is InChI=1S/C12H16N/c1-11(2)9-10-13(3)12-7-5-4-6-8-12/h4-10H,1-3H3. The Morgan fingerprint density at radius 1 is 1.15 bits per heavy atom. The van der Waals surface area contributed by atoms with Crippen LogP contribution in [0.1, 0.15) is 13.8 Å². The lowest BCUT2D eigenvalue weighted by Gasteiger charge is -2.13. The van der Waals surface area contributed by atoms with Crippen LogP contribution in [0.3, 0.4) is 0 Å². The maximum atomic E-state index is 2.10. The Kier molecular flexibility index (Phi) is 3.56. The minimum Gasteiger partial charge on any atom is -0.351 e. The zero-order valence-electron chi connectivity index (χ0n) is 8.49. The number of allylic oxidation sites excluding steroid dienone is 1. The van der Waals surface area contributed by atoms with Gasteiger partial charge in [0.15, 0.2) is 0 Å². The Morgan fingerprint density at radius 2 is 1.77 bits per heavy atom. The van der Waals surface area contributed by atoms with E-state index in [4.69, 9.17) is 0 Å². The van der Waals surface area contributed by atoms with Gasteiger partial charge in [0.2, 0.25) is 0 Å². The molecule has 0 fully saturated rings. The van der Waals surface area contributed by atoms with Crippen LogP contribution in [0.15, 0.2) is 42.6 Å². The van der Waals surface area contributed by atoms with Crippen LogP contribution in [0, 0.1) is 5.92 Å². The molecule has 1 aromatic rings. The summed E-state index contributed by atoms with van der Waals surface area (Å²) in [5, 5.41) is 0. The molecular formula is C12H16N. The Hall–Kier alpha value is -1.24. The Morgan fingerprint density at radius 3 is 2.31 bits per heavy atom. The predicted octanol–water partition coefficient (Wildman–Crippen LogP) is 3.25. The van der Waals surface area contributed by atoms with Gasteiger partial charge in [-0.25, -0.2) is 0 Å². The lowest BCUT2D eigenvalue weighted by atomic mass is 10.2. The molecule has 1 aromatic carbocycles. The summed E-state index contributed by atoms with van der Waals surface area (Å²) in [6.45, 7) is 4.19. The van der Waals surface area contributed by atoms with E-state index in [0.29, 0.717) is 0 Å². The summed E-state index contributed by atoms with van der Waals surface area (Å²) >= 11 is 0. The molecule has 1 radical (unpaired) electrons. The van der Waals surface area contributed by atoms with Crippen LogP contribution in [0.2, 0.25) is 0 Å². The number of rotatable bonds is 3. The van der Waals surface area contributed by atoms with Crippen molar-refractivity contribution < 1.29 is 0 Å². The lowest BCUT2D eigenvalue weighted by Crippen LogP contribution is -2.07. The normalized spacial score (nSPS) is 11.1. The molecular weight excluding hydrogens is 158 g/mol. The second-order valence-corrected chi connectivity index (χ2v) is 3.34. The summed E-state index contributed by atoms with van der Waals surface area (Å²) in [7, 11) is 2.05. The highest BCUT2D eigenvalue weighted by Crippen LogP contribution is 2.11. The molecule has 0 unspecified atom stereocenters. The molecule has 0 amide bonds. The van der Waals surface area contributed by atoms with Gasteiger partial charge in [0, 0.05) is 18.9 Å². The van der Waals surface area contributed by atoms with E-state index < -0.39 is 0 Å². The molecule has 0 atom stereocenters. The summed E-state index contributed by atoms with van der Waals surface area (Å²) in [5.74, 6) is 1.31. The average Bonchev–Trinajstić information content (AvgIpc) is 2.15. The van der Waals surface area contributed by atoms with Crippen molar-refractivity contribution in [2.45, 2.75) is 13.8 Å². The maximum absolute atomic E-state index is 2.10. The van der Waals surface area contributed by atoms with E-state index in [1.807, 2.05) is 18.2 Å². The van der Waals surface area contributed by atoms with Crippen molar-refractivity contribution in [1.29, 1.82) is 0 Å². The van der Waals surface area contributed by atoms with Crippen molar-refractivity contribution in [3.63, 3.8) is 0 Å². The first-order valence-electron chi connectivity index (χ1n) is 4.46. The fourth-order valence-corrected chi connectivity index (χ4v) is 1.01. The molecule has 0 N–H and O–H groups in total. The molecule has 1 heteroatoms. The van der Waals surface area contributed by atoms with Crippen LogP contribution in [0.25, 0.3) is 0 Å². The number of hydrogen-bond donors (Lipinski definition) is 0. The molecule has 0 aliphatic heterocycles. The lowest BCUT2D eigenvalue weighted by molar-refractivity contribution is 1.15. The zero-order valence-corrected chi connectivity index (χ0v) is 8.49. The fourth-order valence-electron chi connectivity index (χ4n) is 1.01. The van der Waals surface area contributed by atoms with Crippen LogP contribution in [0.4, 0.5) is 5.69 Å². The summed E-state index contributed by atoms with van der Waals surface area (Å²) in [4.78, 5) is 2.10. The van der Waals surface area contributed by atoms with Gasteiger partial charge >= 0.3 is 0 Å². The highest BCUT2D eigenvalue weighted by Gasteiger charge is 1.93. The molecule has 0 aromatic heterocycles. The average molecular weight is 174 g/mol. The number of anilines is 1. The molecule has 0 heterocycles. The Balaban J connectivity index is 2.64. The summed E-state index contributed by atoms with van der Waals surface area (Å²) in [6, 6.07) is 10.3. The first kappa shape index (κ1) is 9.85. The Bertz CT molecular complexity index is 262. The molecule has 0 spiro atoms. The van der Waals surface area contributed by atoms with Gasteiger partial charge in [-0.1, -0.05) is 38.1 Å². The first-order valence-corrected chi connectivity index (χ1v) is 4.46. The highest BCUT2D eigenvalue weighted by molar-refractivity contribution is 5.48. The number of para-hydroxylation sites is 1. The van der Waals surface area contributed by atoms with Gasteiger partial charge in [-0.05, 0) is 18.1 Å². The van der Waals surface area contributed by atoms with Gasteiger partial charge < -0.3 is 4.90 Å². The van der Waals surface area contributed by atoms with Crippen molar-refractivity contribution >= 4 is 5.69 Å². The Labute approximate surface area is 80.7 Å². The van der Waals surface area contributed by atoms with Crippen LogP contribution >= 0.6 is 0 Å². The van der Waals surface area contributed by atoms with E-state index in [9.17, 15) is 0 Å². The van der Waals surface area contributed by atoms with E-state index in [1.165, 1.54) is 11.6 Å². The van der Waals surface area contributed by atoms with Crippen molar-refractivity contribution in [2.24, 2.45) is 0 Å². The van der Waals surface area contributed by atoms with E-state index in [2.05, 4.69) is 50.2 Å². The predicted molar refractivity (Wildman–Crippen MR) is 58.6 cm³/mol. The topological polar surface area (TPSA) is 3.24 Å². The smallest absolute Gasteiger partial charge is 0.0403 e. The monoisotopic (exact) mass is 174 g/mol. The summed E-state index contributed by atoms with van der Waals surface area (Å²) < 4.78 is 0. The van der Waals surface area contributed by atoms with Crippen LogP contribution in [0.5, 0.6) is 0 Å². The van der Waals surface area contributed by atoms with E-state index >= 15 is 0 Å². The van der Waals surface area contributed by atoms with Crippen molar-refractivity contribution in [1.82, 2.24) is 0 Å². The highest BCUT2D eigenvalue weighted by atomic mass is 15.1. The molecule has 0 saturated carbocycles. The maximum Gasteiger partial charge on any atom is 0.0403 e. The molecule has 1 nitrogen and oxygen atoms in total. The van der Waals surface area contributed by atoms with Crippen molar-refractivity contribution in [2.75, 3.05) is 11.9 Å². The SMILES string of the molecule is C[C](C)C=CN(C)c1ccccc1. The second-order valence-electron chi connectivity index (χ2n) is 3.34. The number of nitrogens with zero attached hydrogens (tertiary/aromatic N) is 1. The molecule has 0 saturated heterocycles. The van der Waals surface area contributed by atoms with E-state index in [1.54, 1.807) is 0 Å². The van der Waals surface area contributed by atoms with Gasteiger partial charge in [-0.2, -0.15) is 0 Å². The molecule has 1 rings (SSSR count). The molecule has 0 aliphatic carbocycles. The van der Waals surface area contributed by atoms with Gasteiger partial charge in [-0.15, -0.1) is 0 Å². The van der Waals surface area contributed by atoms with Crippen LogP contribution in [-0.4, -0.2) is 7.05 Å². The first-order chi connectivity index (χ1) is 6.20. The number of benzene rings is 1. The minimum atomic E-state index is 1.21. The third-order valence-electron chi connectivity index (χ3n) is 1.79. The minimum absolute atomic E-state index is 1.21. The molecule has 0 aliphatic rings. The van der Waals surface area contributed by atoms with Crippen LogP contribution < -0.4 is 4.90 Å². The van der Waals surface area contributed by atoms with Gasteiger partial charge in [-0.3, -0.25) is 0 Å². The van der Waals surface area contributed by atoms with Crippen LogP contribution in [-0.2, 0) is 0 Å². The molecule has 69 valence electrons. The van der Waals surface area contributed by atoms with Crippen molar-refractivity contribution in [3.05, 3.63) is 48.5 Å². The van der Waals surface area contributed by atoms with Crippen molar-refractivity contribution in [3.8, 4) is 0 Å². The largest absolute Gasteiger partial charge is 0.351 e. The summed E-state index contributed by atoms with van der Waals surface area (Å²) in [6.07, 6.45) is 4.18. The van der Waals surface area contributed by atoms with Gasteiger partial charge in [0.25, 0.3) is 0 Å². The fraction of sp³-hybridized carbons (Fsp3) is 0.250. The quantitative estimate of drug-likeness (QED) is 0.680. The van der Waals surface area contributed by atoms with E-state index in [-0.39, 0.29) is 0 Å². The summed E-state index contributed by atoms with van der Waals surface area (Å²) in [5.41, 5.74) is 1.21. The molecule has 13 heavy (non-hydrogen) atoms. The van der Waals surface area contributed by atoms with Gasteiger partial charge in [0.05, 0.1) is 0 Å². The third kappa shape index (κ3) is 3.32. The molecule has 0 bridgehead atoms. The zero-order chi connectivity index (χ0) is 9.68. The van der Waals surface area contributed by atoms with Gasteiger partial charge in [0.1, 0.15) is 0 Å². The number of hydrogen-bond acceptors (Lipinski definition) is 1.